The molecule has 160 valence electrons. The highest BCUT2D eigenvalue weighted by Gasteiger charge is 2.14. The molecule has 6 nitrogen and oxygen atoms in total. The monoisotopic (exact) mass is 467 g/mol. The molecule has 0 fully saturated rings. The Bertz CT molecular complexity index is 1420. The normalized spacial score (nSPS) is 11.1. The van der Waals surface area contributed by atoms with Crippen LogP contribution in [-0.4, -0.2) is 20.9 Å². The van der Waals surface area contributed by atoms with Gasteiger partial charge in [0.1, 0.15) is 22.9 Å². The van der Waals surface area contributed by atoms with Gasteiger partial charge in [0.2, 0.25) is 5.88 Å². The maximum Gasteiger partial charge on any atom is 0.264 e. The standard InChI is InChI=1S/C23H15ClFN3O3S/c24-19-12-15(8-11-20(19)25)28-22(30)18(21(29)27-23(28)32)13-26-14-6-9-17(10-7-14)31-16-4-2-1-3-5-16/h1-13,30H,(H,27,29,32). The Balaban J connectivity index is 1.63. The van der Waals surface area contributed by atoms with E-state index >= 15 is 0 Å². The quantitative estimate of drug-likeness (QED) is 0.281. The highest BCUT2D eigenvalue weighted by Crippen LogP contribution is 2.25. The molecule has 1 heterocycles. The minimum absolute atomic E-state index is 0.0743. The van der Waals surface area contributed by atoms with Gasteiger partial charge in [0.15, 0.2) is 4.77 Å². The molecule has 0 aliphatic heterocycles. The smallest absolute Gasteiger partial charge is 0.264 e. The van der Waals surface area contributed by atoms with Crippen LogP contribution in [0.4, 0.5) is 10.1 Å². The number of rotatable bonds is 5. The predicted octanol–water partition coefficient (Wildman–Crippen LogP) is 5.94. The van der Waals surface area contributed by atoms with E-state index in [0.717, 1.165) is 6.07 Å². The predicted molar refractivity (Wildman–Crippen MR) is 124 cm³/mol. The van der Waals surface area contributed by atoms with Crippen molar-refractivity contribution in [1.82, 2.24) is 9.55 Å². The van der Waals surface area contributed by atoms with E-state index in [1.165, 1.54) is 22.9 Å². The Labute approximate surface area is 191 Å². The Hall–Kier alpha value is -3.75. The van der Waals surface area contributed by atoms with Gasteiger partial charge in [0.05, 0.1) is 16.4 Å². The number of hydrogen-bond donors (Lipinski definition) is 2. The zero-order valence-electron chi connectivity index (χ0n) is 16.3. The van der Waals surface area contributed by atoms with Crippen LogP contribution in [0.3, 0.4) is 0 Å². The number of ether oxygens (including phenoxy) is 1. The van der Waals surface area contributed by atoms with Gasteiger partial charge < -0.3 is 9.84 Å². The molecule has 32 heavy (non-hydrogen) atoms. The number of H-pyrrole nitrogens is 1. The topological polar surface area (TPSA) is 79.6 Å². The van der Waals surface area contributed by atoms with Gasteiger partial charge >= 0.3 is 0 Å². The van der Waals surface area contributed by atoms with E-state index in [-0.39, 0.29) is 21.0 Å². The van der Waals surface area contributed by atoms with Gasteiger partial charge in [-0.05, 0) is 66.8 Å². The number of aromatic hydroxyl groups is 1. The maximum atomic E-state index is 13.5. The van der Waals surface area contributed by atoms with Crippen LogP contribution >= 0.6 is 23.8 Å². The van der Waals surface area contributed by atoms with Crippen LogP contribution in [0, 0.1) is 10.6 Å². The summed E-state index contributed by atoms with van der Waals surface area (Å²) in [6, 6.07) is 20.0. The van der Waals surface area contributed by atoms with E-state index in [2.05, 4.69) is 9.98 Å². The first-order valence-electron chi connectivity index (χ1n) is 9.33. The lowest BCUT2D eigenvalue weighted by molar-refractivity contribution is 0.432. The molecule has 0 unspecified atom stereocenters. The molecule has 0 aliphatic rings. The number of benzene rings is 3. The summed E-state index contributed by atoms with van der Waals surface area (Å²) in [7, 11) is 0. The third-order valence-electron chi connectivity index (χ3n) is 4.44. The van der Waals surface area contributed by atoms with Crippen LogP contribution in [0.25, 0.3) is 5.69 Å². The van der Waals surface area contributed by atoms with Crippen molar-refractivity contribution in [2.24, 2.45) is 4.99 Å². The first-order chi connectivity index (χ1) is 15.4. The molecule has 4 aromatic rings. The Morgan fingerprint density at radius 2 is 1.75 bits per heavy atom. The summed E-state index contributed by atoms with van der Waals surface area (Å²) in [4.78, 5) is 19.1. The molecule has 0 aliphatic carbocycles. The highest BCUT2D eigenvalue weighted by atomic mass is 35.5. The van der Waals surface area contributed by atoms with Gasteiger partial charge in [-0.25, -0.2) is 4.39 Å². The molecule has 0 amide bonds. The second kappa shape index (κ2) is 9.17. The van der Waals surface area contributed by atoms with Crippen LogP contribution in [0.1, 0.15) is 5.56 Å². The van der Waals surface area contributed by atoms with Gasteiger partial charge in [-0.15, -0.1) is 0 Å². The lowest BCUT2D eigenvalue weighted by atomic mass is 10.2. The van der Waals surface area contributed by atoms with Crippen LogP contribution in [0.2, 0.25) is 5.02 Å². The highest BCUT2D eigenvalue weighted by molar-refractivity contribution is 7.71. The summed E-state index contributed by atoms with van der Waals surface area (Å²) < 4.78 is 20.3. The fourth-order valence-electron chi connectivity index (χ4n) is 2.88. The van der Waals surface area contributed by atoms with Crippen molar-refractivity contribution < 1.29 is 14.2 Å². The summed E-state index contributed by atoms with van der Waals surface area (Å²) >= 11 is 11.0. The molecular weight excluding hydrogens is 453 g/mol. The maximum absolute atomic E-state index is 13.5. The number of aromatic nitrogens is 2. The number of hydrogen-bond acceptors (Lipinski definition) is 5. The van der Waals surface area contributed by atoms with Crippen molar-refractivity contribution in [1.29, 1.82) is 0 Å². The van der Waals surface area contributed by atoms with Crippen molar-refractivity contribution in [2.45, 2.75) is 0 Å². The molecular formula is C23H15ClFN3O3S. The Kier molecular flexibility index (Phi) is 6.16. The zero-order chi connectivity index (χ0) is 22.7. The van der Waals surface area contributed by atoms with Crippen molar-refractivity contribution in [3.8, 4) is 23.1 Å². The molecule has 4 rings (SSSR count). The number of nitrogens with one attached hydrogen (secondary N) is 1. The lowest BCUT2D eigenvalue weighted by Crippen LogP contribution is -2.18. The number of halogens is 2. The van der Waals surface area contributed by atoms with Crippen molar-refractivity contribution in [3.05, 3.63) is 104 Å². The van der Waals surface area contributed by atoms with Crippen molar-refractivity contribution in [2.75, 3.05) is 0 Å². The SMILES string of the molecule is O=c1[nH]c(=S)n(-c2ccc(F)c(Cl)c2)c(O)c1C=Nc1ccc(Oc2ccccc2)cc1. The van der Waals surface area contributed by atoms with Crippen molar-refractivity contribution >= 4 is 35.7 Å². The van der Waals surface area contributed by atoms with Gasteiger partial charge in [0.25, 0.3) is 5.56 Å². The van der Waals surface area contributed by atoms with E-state index in [1.54, 1.807) is 24.3 Å². The molecule has 0 saturated heterocycles. The summed E-state index contributed by atoms with van der Waals surface area (Å²) in [5.74, 6) is 0.258. The minimum Gasteiger partial charge on any atom is -0.494 e. The summed E-state index contributed by atoms with van der Waals surface area (Å²) in [6.45, 7) is 0. The van der Waals surface area contributed by atoms with Crippen LogP contribution in [0.15, 0.2) is 82.6 Å². The Morgan fingerprint density at radius 1 is 1.06 bits per heavy atom. The fraction of sp³-hybridized carbons (Fsp3) is 0. The second-order valence-electron chi connectivity index (χ2n) is 6.60. The third-order valence-corrected chi connectivity index (χ3v) is 5.01. The lowest BCUT2D eigenvalue weighted by Gasteiger charge is -2.11. The molecule has 0 bridgehead atoms. The van der Waals surface area contributed by atoms with E-state index in [4.69, 9.17) is 28.6 Å². The largest absolute Gasteiger partial charge is 0.494 e. The van der Waals surface area contributed by atoms with Crippen LogP contribution < -0.4 is 10.3 Å². The second-order valence-corrected chi connectivity index (χ2v) is 7.39. The van der Waals surface area contributed by atoms with E-state index in [9.17, 15) is 14.3 Å². The van der Waals surface area contributed by atoms with Gasteiger partial charge in [0, 0.05) is 6.21 Å². The first-order valence-corrected chi connectivity index (χ1v) is 10.1. The molecule has 0 saturated carbocycles. The van der Waals surface area contributed by atoms with Crippen molar-refractivity contribution in [3.63, 3.8) is 0 Å². The zero-order valence-corrected chi connectivity index (χ0v) is 17.9. The molecule has 0 radical (unpaired) electrons. The number of para-hydroxylation sites is 1. The third kappa shape index (κ3) is 4.61. The van der Waals surface area contributed by atoms with Gasteiger partial charge in [-0.3, -0.25) is 19.3 Å². The summed E-state index contributed by atoms with van der Waals surface area (Å²) in [6.07, 6.45) is 1.22. The number of aromatic amines is 1. The van der Waals surface area contributed by atoms with Crippen LogP contribution in [-0.2, 0) is 0 Å². The van der Waals surface area contributed by atoms with Gasteiger partial charge in [-0.2, -0.15) is 0 Å². The summed E-state index contributed by atoms with van der Waals surface area (Å²) in [5, 5.41) is 10.5. The molecule has 9 heteroatoms. The molecule has 2 N–H and O–H groups in total. The minimum atomic E-state index is -0.621. The average molecular weight is 468 g/mol. The van der Waals surface area contributed by atoms with E-state index < -0.39 is 17.3 Å². The summed E-state index contributed by atoms with van der Waals surface area (Å²) in [5.41, 5.74) is 0.0728. The van der Waals surface area contributed by atoms with E-state index in [1.807, 2.05) is 30.3 Å². The van der Waals surface area contributed by atoms with Crippen LogP contribution in [0.5, 0.6) is 17.4 Å². The number of aliphatic imine (C=N–C) groups is 1. The molecule has 0 spiro atoms. The Morgan fingerprint density at radius 3 is 2.44 bits per heavy atom. The van der Waals surface area contributed by atoms with Gasteiger partial charge in [-0.1, -0.05) is 29.8 Å². The fourth-order valence-corrected chi connectivity index (χ4v) is 3.34. The molecule has 3 aromatic carbocycles. The molecule has 1 aromatic heterocycles. The van der Waals surface area contributed by atoms with E-state index in [0.29, 0.717) is 17.2 Å². The first kappa shape index (κ1) is 21.5. The average Bonchev–Trinajstić information content (AvgIpc) is 2.77. The number of nitrogens with zero attached hydrogens (tertiary/aromatic N) is 2. The molecule has 0 atom stereocenters.